The Morgan fingerprint density at radius 1 is 1.06 bits per heavy atom. The highest BCUT2D eigenvalue weighted by Gasteiger charge is 2.43. The van der Waals surface area contributed by atoms with Crippen LogP contribution >= 0.6 is 0 Å². The lowest BCUT2D eigenvalue weighted by Gasteiger charge is -2.21. The molecule has 2 heterocycles. The Labute approximate surface area is 102 Å². The fourth-order valence-electron chi connectivity index (χ4n) is 2.65. The molecule has 0 radical (unpaired) electrons. The number of rotatable bonds is 2. The minimum Gasteiger partial charge on any atom is -0.207 e. The maximum absolute atomic E-state index is 12.5. The Bertz CT molecular complexity index is 546. The highest BCUT2D eigenvalue weighted by atomic mass is 32.2. The second-order valence-corrected chi connectivity index (χ2v) is 6.59. The van der Waals surface area contributed by atoms with E-state index < -0.39 is 10.0 Å². The largest absolute Gasteiger partial charge is 0.244 e. The van der Waals surface area contributed by atoms with Gasteiger partial charge >= 0.3 is 0 Å². The van der Waals surface area contributed by atoms with Gasteiger partial charge in [-0.1, -0.05) is 29.8 Å². The smallest absolute Gasteiger partial charge is 0.207 e. The van der Waals surface area contributed by atoms with Crippen molar-refractivity contribution in [2.24, 2.45) is 0 Å². The fourth-order valence-corrected chi connectivity index (χ4v) is 4.44. The van der Waals surface area contributed by atoms with Crippen molar-refractivity contribution in [3.8, 4) is 0 Å². The molecule has 0 aliphatic carbocycles. The van der Waals surface area contributed by atoms with E-state index in [4.69, 9.17) is 0 Å². The third kappa shape index (κ3) is 1.63. The van der Waals surface area contributed by atoms with E-state index in [-0.39, 0.29) is 12.1 Å². The molecule has 0 amide bonds. The number of sulfonamides is 1. The van der Waals surface area contributed by atoms with Crippen molar-refractivity contribution in [3.05, 3.63) is 42.0 Å². The van der Waals surface area contributed by atoms with Gasteiger partial charge in [-0.15, -0.1) is 0 Å². The summed E-state index contributed by atoms with van der Waals surface area (Å²) in [6.07, 6.45) is 5.93. The van der Waals surface area contributed by atoms with Crippen molar-refractivity contribution in [3.63, 3.8) is 0 Å². The molecule has 0 aromatic heterocycles. The summed E-state index contributed by atoms with van der Waals surface area (Å²) in [5.74, 6) is 0. The summed E-state index contributed by atoms with van der Waals surface area (Å²) in [5.41, 5.74) is 1.08. The lowest BCUT2D eigenvalue weighted by atomic mass is 10.1. The van der Waals surface area contributed by atoms with Gasteiger partial charge in [0.1, 0.15) is 0 Å². The third-order valence-electron chi connectivity index (χ3n) is 3.56. The number of hydrogen-bond acceptors (Lipinski definition) is 2. The average molecular weight is 249 g/mol. The Hall–Kier alpha value is -1.13. The van der Waals surface area contributed by atoms with Crippen LogP contribution in [0, 0.1) is 6.92 Å². The summed E-state index contributed by atoms with van der Waals surface area (Å²) in [6, 6.07) is 7.24. The van der Waals surface area contributed by atoms with Gasteiger partial charge in [-0.3, -0.25) is 0 Å². The van der Waals surface area contributed by atoms with Crippen molar-refractivity contribution < 1.29 is 8.42 Å². The molecule has 2 atom stereocenters. The van der Waals surface area contributed by atoms with Gasteiger partial charge in [-0.25, -0.2) is 8.42 Å². The van der Waals surface area contributed by atoms with Crippen LogP contribution in [0.15, 0.2) is 41.3 Å². The monoisotopic (exact) mass is 249 g/mol. The number of benzene rings is 1. The molecule has 2 aliphatic heterocycles. The molecule has 3 nitrogen and oxygen atoms in total. The molecule has 1 fully saturated rings. The van der Waals surface area contributed by atoms with E-state index in [0.717, 1.165) is 18.4 Å². The normalized spacial score (nSPS) is 27.8. The summed E-state index contributed by atoms with van der Waals surface area (Å²) in [4.78, 5) is 0.406. The molecule has 1 aromatic rings. The van der Waals surface area contributed by atoms with Crippen molar-refractivity contribution in [2.45, 2.75) is 36.7 Å². The van der Waals surface area contributed by atoms with Crippen LogP contribution in [0.4, 0.5) is 0 Å². The molecule has 17 heavy (non-hydrogen) atoms. The van der Waals surface area contributed by atoms with Crippen molar-refractivity contribution in [1.82, 2.24) is 4.31 Å². The highest BCUT2D eigenvalue weighted by Crippen LogP contribution is 2.36. The Morgan fingerprint density at radius 2 is 1.59 bits per heavy atom. The molecular weight excluding hydrogens is 234 g/mol. The first kappa shape index (κ1) is 11.0. The van der Waals surface area contributed by atoms with E-state index in [0.29, 0.717) is 4.90 Å². The first-order valence-electron chi connectivity index (χ1n) is 5.87. The molecule has 3 rings (SSSR count). The fraction of sp³-hybridized carbons (Fsp3) is 0.385. The zero-order valence-electron chi connectivity index (χ0n) is 9.70. The first-order chi connectivity index (χ1) is 8.09. The van der Waals surface area contributed by atoms with Crippen LogP contribution in [0.3, 0.4) is 0 Å². The molecule has 1 aromatic carbocycles. The predicted molar refractivity (Wildman–Crippen MR) is 66.2 cm³/mol. The second-order valence-electron chi connectivity index (χ2n) is 4.74. The van der Waals surface area contributed by atoms with Gasteiger partial charge in [0.05, 0.1) is 4.90 Å². The maximum Gasteiger partial charge on any atom is 0.244 e. The molecule has 2 aliphatic rings. The predicted octanol–water partition coefficient (Wildman–Crippen LogP) is 2.09. The minimum atomic E-state index is -3.32. The van der Waals surface area contributed by atoms with Crippen LogP contribution in [-0.4, -0.2) is 24.8 Å². The van der Waals surface area contributed by atoms with Gasteiger partial charge in [0, 0.05) is 12.1 Å². The SMILES string of the molecule is Cc1ccc(S(=O)(=O)N2C3C=CC2CC3)cc1. The standard InChI is InChI=1S/C13H15NO2S/c1-10-2-8-13(9-3-10)17(15,16)14-11-4-5-12(14)7-6-11/h2-5,8-9,11-12H,6-7H2,1H3. The van der Waals surface area contributed by atoms with Crippen LogP contribution in [-0.2, 0) is 10.0 Å². The zero-order valence-corrected chi connectivity index (χ0v) is 10.5. The molecule has 4 heteroatoms. The number of nitrogens with zero attached hydrogens (tertiary/aromatic N) is 1. The van der Waals surface area contributed by atoms with Crippen LogP contribution in [0.1, 0.15) is 18.4 Å². The second kappa shape index (κ2) is 3.68. The lowest BCUT2D eigenvalue weighted by molar-refractivity contribution is 0.413. The Kier molecular flexibility index (Phi) is 2.38. The molecule has 2 bridgehead atoms. The summed E-state index contributed by atoms with van der Waals surface area (Å²) in [7, 11) is -3.32. The maximum atomic E-state index is 12.5. The van der Waals surface area contributed by atoms with E-state index >= 15 is 0 Å². The number of fused-ring (bicyclic) bond motifs is 2. The highest BCUT2D eigenvalue weighted by molar-refractivity contribution is 7.89. The van der Waals surface area contributed by atoms with Gasteiger partial charge in [0.2, 0.25) is 10.0 Å². The summed E-state index contributed by atoms with van der Waals surface area (Å²) in [5, 5.41) is 0. The van der Waals surface area contributed by atoms with Gasteiger partial charge in [-0.2, -0.15) is 4.31 Å². The molecule has 0 N–H and O–H groups in total. The minimum absolute atomic E-state index is 0.0753. The molecule has 90 valence electrons. The van der Waals surface area contributed by atoms with Crippen LogP contribution < -0.4 is 0 Å². The summed E-state index contributed by atoms with van der Waals surface area (Å²) in [6.45, 7) is 1.96. The van der Waals surface area contributed by atoms with E-state index in [1.807, 2.05) is 31.2 Å². The molecule has 0 saturated carbocycles. The molecule has 0 spiro atoms. The summed E-state index contributed by atoms with van der Waals surface area (Å²) >= 11 is 0. The Morgan fingerprint density at radius 3 is 2.06 bits per heavy atom. The summed E-state index contributed by atoms with van der Waals surface area (Å²) < 4.78 is 26.6. The average Bonchev–Trinajstić information content (AvgIpc) is 2.89. The van der Waals surface area contributed by atoms with Crippen LogP contribution in [0.5, 0.6) is 0 Å². The lowest BCUT2D eigenvalue weighted by Crippen LogP contribution is -2.35. The number of aryl methyl sites for hydroxylation is 1. The molecule has 1 saturated heterocycles. The van der Waals surface area contributed by atoms with Crippen molar-refractivity contribution >= 4 is 10.0 Å². The van der Waals surface area contributed by atoms with E-state index in [2.05, 4.69) is 0 Å². The van der Waals surface area contributed by atoms with Gasteiger partial charge in [-0.05, 0) is 31.9 Å². The van der Waals surface area contributed by atoms with E-state index in [1.54, 1.807) is 16.4 Å². The molecule has 2 unspecified atom stereocenters. The van der Waals surface area contributed by atoms with Gasteiger partial charge < -0.3 is 0 Å². The van der Waals surface area contributed by atoms with Crippen LogP contribution in [0.25, 0.3) is 0 Å². The third-order valence-corrected chi connectivity index (χ3v) is 5.53. The van der Waals surface area contributed by atoms with Crippen molar-refractivity contribution in [2.75, 3.05) is 0 Å². The van der Waals surface area contributed by atoms with E-state index in [1.165, 1.54) is 0 Å². The quantitative estimate of drug-likeness (QED) is 0.753. The molecular formula is C13H15NO2S. The first-order valence-corrected chi connectivity index (χ1v) is 7.31. The number of hydrogen-bond donors (Lipinski definition) is 0. The van der Waals surface area contributed by atoms with Gasteiger partial charge in [0.15, 0.2) is 0 Å². The van der Waals surface area contributed by atoms with Gasteiger partial charge in [0.25, 0.3) is 0 Å². The topological polar surface area (TPSA) is 37.4 Å². The van der Waals surface area contributed by atoms with E-state index in [9.17, 15) is 8.42 Å². The van der Waals surface area contributed by atoms with Crippen molar-refractivity contribution in [1.29, 1.82) is 0 Å². The zero-order chi connectivity index (χ0) is 12.0. The van der Waals surface area contributed by atoms with Crippen LogP contribution in [0.2, 0.25) is 0 Å². The Balaban J connectivity index is 2.00.